The number of aliphatic hydroxyl groups excluding tert-OH is 2. The number of carboxylic acids is 1. The summed E-state index contributed by atoms with van der Waals surface area (Å²) in [5.74, 6) is -1.28. The van der Waals surface area contributed by atoms with Crippen LogP contribution in [0.15, 0.2) is 0 Å². The van der Waals surface area contributed by atoms with Crippen molar-refractivity contribution < 1.29 is 24.9 Å². The van der Waals surface area contributed by atoms with Crippen LogP contribution in [-0.2, 0) is 4.79 Å². The Balaban J connectivity index is 2.64. The van der Waals surface area contributed by atoms with Crippen LogP contribution in [0.1, 0.15) is 25.7 Å². The highest BCUT2D eigenvalue weighted by atomic mass is 16.4. The van der Waals surface area contributed by atoms with E-state index < -0.39 is 24.6 Å². The lowest BCUT2D eigenvalue weighted by Crippen LogP contribution is -2.53. The van der Waals surface area contributed by atoms with Crippen LogP contribution in [-0.4, -0.2) is 64.1 Å². The maximum atomic E-state index is 11.9. The molecule has 0 aromatic carbocycles. The Bertz CT molecular complexity index is 297. The van der Waals surface area contributed by atoms with E-state index in [4.69, 9.17) is 10.2 Å². The molecule has 4 N–H and O–H groups in total. The molecule has 2 amide bonds. The van der Waals surface area contributed by atoms with E-state index in [2.05, 4.69) is 5.32 Å². The number of aliphatic carboxylic acids is 1. The highest BCUT2D eigenvalue weighted by Gasteiger charge is 2.28. The number of hydrogen-bond donors (Lipinski definition) is 4. The Hall–Kier alpha value is -1.34. The Morgan fingerprint density at radius 1 is 1.28 bits per heavy atom. The molecule has 1 aliphatic heterocycles. The minimum atomic E-state index is -1.31. The summed E-state index contributed by atoms with van der Waals surface area (Å²) >= 11 is 0. The number of nitrogens with one attached hydrogen (secondary N) is 1. The number of carbonyl (C=O) groups excluding carboxylic acids is 1. The summed E-state index contributed by atoms with van der Waals surface area (Å²) in [5.41, 5.74) is 0. The van der Waals surface area contributed by atoms with Crippen molar-refractivity contribution >= 4 is 12.0 Å². The van der Waals surface area contributed by atoms with Crippen molar-refractivity contribution in [3.8, 4) is 0 Å². The van der Waals surface area contributed by atoms with Gasteiger partial charge in [-0.1, -0.05) is 12.8 Å². The summed E-state index contributed by atoms with van der Waals surface area (Å²) < 4.78 is 0. The predicted octanol–water partition coefficient (Wildman–Crippen LogP) is -0.622. The van der Waals surface area contributed by atoms with Gasteiger partial charge in [-0.05, 0) is 12.8 Å². The molecule has 0 saturated carbocycles. The SMILES string of the molecule is O=C(O)C(CO)NC(=O)N1CCCCCC1CO. The lowest BCUT2D eigenvalue weighted by atomic mass is 10.1. The first-order valence-electron chi connectivity index (χ1n) is 6.11. The predicted molar refractivity (Wildman–Crippen MR) is 63.1 cm³/mol. The number of amides is 2. The number of nitrogens with zero attached hydrogens (tertiary/aromatic N) is 1. The molecular weight excluding hydrogens is 240 g/mol. The van der Waals surface area contributed by atoms with E-state index in [1.165, 1.54) is 4.90 Å². The van der Waals surface area contributed by atoms with E-state index >= 15 is 0 Å². The van der Waals surface area contributed by atoms with Crippen LogP contribution in [0.25, 0.3) is 0 Å². The van der Waals surface area contributed by atoms with E-state index in [9.17, 15) is 14.7 Å². The van der Waals surface area contributed by atoms with Crippen molar-refractivity contribution in [1.82, 2.24) is 10.2 Å². The fourth-order valence-corrected chi connectivity index (χ4v) is 2.05. The standard InChI is InChI=1S/C11H20N2O5/c14-6-8-4-2-1-3-5-13(8)11(18)12-9(7-15)10(16)17/h8-9,14-15H,1-7H2,(H,12,18)(H,16,17). The Kier molecular flexibility index (Phi) is 5.87. The van der Waals surface area contributed by atoms with Gasteiger partial charge in [0.15, 0.2) is 6.04 Å². The second-order valence-electron chi connectivity index (χ2n) is 4.40. The normalized spacial score (nSPS) is 22.1. The maximum Gasteiger partial charge on any atom is 0.328 e. The molecule has 7 heteroatoms. The van der Waals surface area contributed by atoms with E-state index in [0.29, 0.717) is 13.0 Å². The average molecular weight is 260 g/mol. The van der Waals surface area contributed by atoms with Crippen LogP contribution in [0.4, 0.5) is 4.79 Å². The van der Waals surface area contributed by atoms with E-state index in [1.807, 2.05) is 0 Å². The summed E-state index contributed by atoms with van der Waals surface area (Å²) in [6.45, 7) is -0.294. The fourth-order valence-electron chi connectivity index (χ4n) is 2.05. The number of hydrogen-bond acceptors (Lipinski definition) is 4. The number of carboxylic acid groups (broad SMARTS) is 1. The topological polar surface area (TPSA) is 110 Å². The van der Waals surface area contributed by atoms with Gasteiger partial charge in [-0.25, -0.2) is 9.59 Å². The first-order valence-corrected chi connectivity index (χ1v) is 6.11. The maximum absolute atomic E-state index is 11.9. The lowest BCUT2D eigenvalue weighted by Gasteiger charge is -2.29. The molecule has 0 aromatic rings. The summed E-state index contributed by atoms with van der Waals surface area (Å²) in [6, 6.07) is -2.13. The third-order valence-corrected chi connectivity index (χ3v) is 3.13. The van der Waals surface area contributed by atoms with Crippen molar-refractivity contribution in [3.63, 3.8) is 0 Å². The summed E-state index contributed by atoms with van der Waals surface area (Å²) in [6.07, 6.45) is 3.47. The highest BCUT2D eigenvalue weighted by Crippen LogP contribution is 2.16. The van der Waals surface area contributed by atoms with Crippen LogP contribution in [0.2, 0.25) is 0 Å². The molecule has 1 aliphatic rings. The van der Waals surface area contributed by atoms with Gasteiger partial charge in [-0.2, -0.15) is 0 Å². The fraction of sp³-hybridized carbons (Fsp3) is 0.818. The zero-order valence-electron chi connectivity index (χ0n) is 10.2. The number of urea groups is 1. The Morgan fingerprint density at radius 2 is 2.00 bits per heavy atom. The number of likely N-dealkylation sites (tertiary alicyclic amines) is 1. The van der Waals surface area contributed by atoms with E-state index in [1.54, 1.807) is 0 Å². The van der Waals surface area contributed by atoms with E-state index in [-0.39, 0.29) is 12.6 Å². The Labute approximate surface area is 105 Å². The first-order chi connectivity index (χ1) is 8.60. The quantitative estimate of drug-likeness (QED) is 0.538. The minimum absolute atomic E-state index is 0.135. The van der Waals surface area contributed by atoms with Crippen molar-refractivity contribution in [2.24, 2.45) is 0 Å². The van der Waals surface area contributed by atoms with Gasteiger partial charge in [0, 0.05) is 6.54 Å². The smallest absolute Gasteiger partial charge is 0.328 e. The van der Waals surface area contributed by atoms with Crippen molar-refractivity contribution in [2.45, 2.75) is 37.8 Å². The van der Waals surface area contributed by atoms with Gasteiger partial charge in [0.25, 0.3) is 0 Å². The molecule has 1 rings (SSSR count). The Morgan fingerprint density at radius 3 is 2.56 bits per heavy atom. The third kappa shape index (κ3) is 3.85. The largest absolute Gasteiger partial charge is 0.480 e. The number of rotatable bonds is 4. The third-order valence-electron chi connectivity index (χ3n) is 3.13. The number of carbonyl (C=O) groups is 2. The van der Waals surface area contributed by atoms with Crippen LogP contribution >= 0.6 is 0 Å². The molecule has 0 bridgehead atoms. The zero-order chi connectivity index (χ0) is 13.5. The molecule has 2 atom stereocenters. The van der Waals surface area contributed by atoms with Gasteiger partial charge in [0.2, 0.25) is 0 Å². The minimum Gasteiger partial charge on any atom is -0.480 e. The highest BCUT2D eigenvalue weighted by molar-refractivity contribution is 5.82. The van der Waals surface area contributed by atoms with Crippen LogP contribution in [0, 0.1) is 0 Å². The van der Waals surface area contributed by atoms with Gasteiger partial charge in [-0.15, -0.1) is 0 Å². The molecule has 18 heavy (non-hydrogen) atoms. The van der Waals surface area contributed by atoms with Crippen molar-refractivity contribution in [1.29, 1.82) is 0 Å². The lowest BCUT2D eigenvalue weighted by molar-refractivity contribution is -0.140. The summed E-state index contributed by atoms with van der Waals surface area (Å²) in [7, 11) is 0. The van der Waals surface area contributed by atoms with Gasteiger partial charge in [-0.3, -0.25) is 0 Å². The molecule has 1 heterocycles. The van der Waals surface area contributed by atoms with Crippen molar-refractivity contribution in [3.05, 3.63) is 0 Å². The zero-order valence-corrected chi connectivity index (χ0v) is 10.2. The summed E-state index contributed by atoms with van der Waals surface area (Å²) in [5, 5.41) is 29.1. The molecule has 1 saturated heterocycles. The van der Waals surface area contributed by atoms with Crippen LogP contribution < -0.4 is 5.32 Å². The molecule has 2 unspecified atom stereocenters. The van der Waals surface area contributed by atoms with Crippen molar-refractivity contribution in [2.75, 3.05) is 19.8 Å². The van der Waals surface area contributed by atoms with Gasteiger partial charge >= 0.3 is 12.0 Å². The van der Waals surface area contributed by atoms with Gasteiger partial charge in [0.05, 0.1) is 19.3 Å². The molecule has 0 radical (unpaired) electrons. The van der Waals surface area contributed by atoms with Gasteiger partial charge in [0.1, 0.15) is 0 Å². The average Bonchev–Trinajstić information content (AvgIpc) is 2.60. The van der Waals surface area contributed by atoms with Crippen LogP contribution in [0.3, 0.4) is 0 Å². The summed E-state index contributed by atoms with van der Waals surface area (Å²) in [4.78, 5) is 24.1. The van der Waals surface area contributed by atoms with E-state index in [0.717, 1.165) is 19.3 Å². The first kappa shape index (κ1) is 14.7. The second kappa shape index (κ2) is 7.17. The molecule has 7 nitrogen and oxygen atoms in total. The molecule has 104 valence electrons. The second-order valence-corrected chi connectivity index (χ2v) is 4.40. The molecular formula is C11H20N2O5. The molecule has 1 fully saturated rings. The molecule has 0 aliphatic carbocycles. The molecule has 0 aromatic heterocycles. The number of aliphatic hydroxyl groups is 2. The molecule has 0 spiro atoms. The van der Waals surface area contributed by atoms with Crippen LogP contribution in [0.5, 0.6) is 0 Å². The monoisotopic (exact) mass is 260 g/mol. The van der Waals surface area contributed by atoms with Gasteiger partial charge < -0.3 is 25.5 Å².